The molecule has 0 unspecified atom stereocenters. The number of halogens is 2. The van der Waals surface area contributed by atoms with Crippen molar-refractivity contribution >= 4 is 21.9 Å². The van der Waals surface area contributed by atoms with E-state index in [0.29, 0.717) is 33.3 Å². The molecular formula is C20H18F2N8. The van der Waals surface area contributed by atoms with Crippen molar-refractivity contribution < 1.29 is 8.78 Å². The third-order valence-corrected chi connectivity index (χ3v) is 5.42. The van der Waals surface area contributed by atoms with Gasteiger partial charge in [0.05, 0.1) is 47.3 Å². The third kappa shape index (κ3) is 2.90. The minimum Gasteiger partial charge on any atom is -0.315 e. The molecule has 4 aromatic rings. The molecule has 1 aliphatic rings. The maximum Gasteiger partial charge on any atom is 0.282 e. The first-order valence-electron chi connectivity index (χ1n) is 9.48. The topological polar surface area (TPSA) is 88.4 Å². The van der Waals surface area contributed by atoms with Gasteiger partial charge >= 0.3 is 0 Å². The number of imidazole rings is 1. The van der Waals surface area contributed by atoms with E-state index in [1.54, 1.807) is 47.1 Å². The van der Waals surface area contributed by atoms with E-state index < -0.39 is 12.0 Å². The molecule has 0 saturated carbocycles. The van der Waals surface area contributed by atoms with Crippen LogP contribution in [0.25, 0.3) is 21.9 Å². The highest BCUT2D eigenvalue weighted by atomic mass is 19.3. The zero-order chi connectivity index (χ0) is 21.0. The molecule has 0 aliphatic carbocycles. The van der Waals surface area contributed by atoms with Gasteiger partial charge in [0, 0.05) is 11.9 Å². The summed E-state index contributed by atoms with van der Waals surface area (Å²) in [5.41, 5.74) is 2.84. The van der Waals surface area contributed by atoms with Crippen molar-refractivity contribution in [3.05, 3.63) is 47.7 Å². The predicted octanol–water partition coefficient (Wildman–Crippen LogP) is 2.53. The number of pyridine rings is 1. The monoisotopic (exact) mass is 408 g/mol. The van der Waals surface area contributed by atoms with Crippen LogP contribution in [0, 0.1) is 18.3 Å². The molecule has 0 radical (unpaired) electrons. The number of aryl methyl sites for hydroxylation is 1. The van der Waals surface area contributed by atoms with E-state index in [0.717, 1.165) is 5.69 Å². The number of alkyl halides is 2. The summed E-state index contributed by atoms with van der Waals surface area (Å²) in [6.07, 6.45) is 3.20. The number of benzene rings is 1. The number of rotatable bonds is 3. The second-order valence-electron chi connectivity index (χ2n) is 7.72. The van der Waals surface area contributed by atoms with E-state index in [2.05, 4.69) is 26.2 Å². The summed E-state index contributed by atoms with van der Waals surface area (Å²) in [5.74, 6) is -2.51. The van der Waals surface area contributed by atoms with Crippen LogP contribution in [0.2, 0.25) is 0 Å². The molecule has 4 heterocycles. The van der Waals surface area contributed by atoms with Gasteiger partial charge in [-0.05, 0) is 32.2 Å². The quantitative estimate of drug-likeness (QED) is 0.518. The molecule has 1 aliphatic heterocycles. The number of likely N-dealkylation sites (tertiary alicyclic amines) is 1. The molecule has 0 amide bonds. The van der Waals surface area contributed by atoms with Crippen molar-refractivity contribution in [1.29, 1.82) is 5.26 Å². The fraction of sp³-hybridized carbons (Fsp3) is 0.350. The standard InChI is InChI=1S/C20H18F2N8/c1-12-7-25-29(27-12)10-18-26-16-8-24-15-4-3-13(6-23)5-14(15)19(16)30(18)17-9-28(2)11-20(17,21)22/h3-5,7-8,17H,9-11H2,1-2H3/t17-/m1/s1. The second-order valence-corrected chi connectivity index (χ2v) is 7.72. The molecule has 8 nitrogen and oxygen atoms in total. The summed E-state index contributed by atoms with van der Waals surface area (Å²) in [6, 6.07) is 6.07. The number of aromatic nitrogens is 6. The predicted molar refractivity (Wildman–Crippen MR) is 105 cm³/mol. The minimum absolute atomic E-state index is 0.151. The first kappa shape index (κ1) is 18.6. The Hall–Kier alpha value is -3.45. The van der Waals surface area contributed by atoms with Crippen molar-refractivity contribution in [2.24, 2.45) is 0 Å². The fourth-order valence-corrected chi connectivity index (χ4v) is 4.16. The summed E-state index contributed by atoms with van der Waals surface area (Å²) in [5, 5.41) is 18.4. The number of fused-ring (bicyclic) bond motifs is 3. The van der Waals surface area contributed by atoms with E-state index in [4.69, 9.17) is 0 Å². The average Bonchev–Trinajstić information content (AvgIpc) is 3.35. The lowest BCUT2D eigenvalue weighted by atomic mass is 10.1. The molecule has 0 N–H and O–H groups in total. The molecule has 0 bridgehead atoms. The van der Waals surface area contributed by atoms with Gasteiger partial charge in [0.15, 0.2) is 0 Å². The molecule has 3 aromatic heterocycles. The van der Waals surface area contributed by atoms with Gasteiger partial charge in [-0.1, -0.05) is 0 Å². The van der Waals surface area contributed by atoms with Gasteiger partial charge in [-0.3, -0.25) is 9.88 Å². The summed E-state index contributed by atoms with van der Waals surface area (Å²) < 4.78 is 31.6. The molecule has 10 heteroatoms. The highest BCUT2D eigenvalue weighted by Crippen LogP contribution is 2.40. The molecule has 1 fully saturated rings. The van der Waals surface area contributed by atoms with E-state index in [1.165, 1.54) is 4.80 Å². The molecule has 1 atom stereocenters. The molecular weight excluding hydrogens is 390 g/mol. The lowest BCUT2D eigenvalue weighted by molar-refractivity contribution is -0.0202. The van der Waals surface area contributed by atoms with E-state index in [9.17, 15) is 5.26 Å². The Morgan fingerprint density at radius 1 is 1.27 bits per heavy atom. The minimum atomic E-state index is -2.94. The Bertz CT molecular complexity index is 1320. The lowest BCUT2D eigenvalue weighted by Crippen LogP contribution is -2.31. The van der Waals surface area contributed by atoms with Crippen molar-refractivity contribution in [2.75, 3.05) is 20.1 Å². The van der Waals surface area contributed by atoms with Crippen LogP contribution < -0.4 is 0 Å². The van der Waals surface area contributed by atoms with Gasteiger partial charge in [0.25, 0.3) is 5.92 Å². The second kappa shape index (κ2) is 6.53. The third-order valence-electron chi connectivity index (χ3n) is 5.42. The fourth-order valence-electron chi connectivity index (χ4n) is 4.16. The first-order valence-corrected chi connectivity index (χ1v) is 9.48. The summed E-state index contributed by atoms with van der Waals surface area (Å²) in [6.45, 7) is 1.81. The highest BCUT2D eigenvalue weighted by molar-refractivity contribution is 6.03. The number of hydrogen-bond donors (Lipinski definition) is 0. The maximum absolute atomic E-state index is 15.0. The van der Waals surface area contributed by atoms with E-state index >= 15 is 8.78 Å². The van der Waals surface area contributed by atoms with Crippen molar-refractivity contribution in [1.82, 2.24) is 34.4 Å². The van der Waals surface area contributed by atoms with Crippen LogP contribution in [0.5, 0.6) is 0 Å². The molecule has 1 saturated heterocycles. The van der Waals surface area contributed by atoms with Crippen LogP contribution in [-0.4, -0.2) is 60.5 Å². The molecule has 152 valence electrons. The smallest absolute Gasteiger partial charge is 0.282 e. The zero-order valence-corrected chi connectivity index (χ0v) is 16.4. The van der Waals surface area contributed by atoms with Crippen LogP contribution in [0.15, 0.2) is 30.6 Å². The van der Waals surface area contributed by atoms with Crippen molar-refractivity contribution in [3.63, 3.8) is 0 Å². The van der Waals surface area contributed by atoms with Gasteiger partial charge in [-0.15, -0.1) is 0 Å². The molecule has 0 spiro atoms. The van der Waals surface area contributed by atoms with Crippen molar-refractivity contribution in [2.45, 2.75) is 25.4 Å². The normalized spacial score (nSPS) is 19.0. The average molecular weight is 408 g/mol. The SMILES string of the molecule is Cc1cnn(Cc2nc3cnc4ccc(C#N)cc4c3n2[C@@H]2CN(C)CC2(F)F)n1. The molecule has 30 heavy (non-hydrogen) atoms. The van der Waals surface area contributed by atoms with Gasteiger partial charge in [-0.25, -0.2) is 13.8 Å². The number of nitrogens with zero attached hydrogens (tertiary/aromatic N) is 8. The highest BCUT2D eigenvalue weighted by Gasteiger charge is 2.49. The van der Waals surface area contributed by atoms with Gasteiger partial charge in [0.2, 0.25) is 0 Å². The zero-order valence-electron chi connectivity index (χ0n) is 16.4. The summed E-state index contributed by atoms with van der Waals surface area (Å²) >= 11 is 0. The van der Waals surface area contributed by atoms with E-state index in [-0.39, 0.29) is 19.6 Å². The number of nitriles is 1. The Morgan fingerprint density at radius 3 is 2.77 bits per heavy atom. The number of likely N-dealkylation sites (N-methyl/N-ethyl adjacent to an activating group) is 1. The Morgan fingerprint density at radius 2 is 2.10 bits per heavy atom. The van der Waals surface area contributed by atoms with Crippen LogP contribution in [0.4, 0.5) is 8.78 Å². The Kier molecular flexibility index (Phi) is 4.04. The number of hydrogen-bond acceptors (Lipinski definition) is 6. The van der Waals surface area contributed by atoms with Crippen LogP contribution >= 0.6 is 0 Å². The Balaban J connectivity index is 1.80. The Labute approximate surface area is 170 Å². The van der Waals surface area contributed by atoms with Crippen LogP contribution in [0.3, 0.4) is 0 Å². The maximum atomic E-state index is 15.0. The first-order chi connectivity index (χ1) is 14.4. The largest absolute Gasteiger partial charge is 0.315 e. The van der Waals surface area contributed by atoms with E-state index in [1.807, 2.05) is 6.92 Å². The molecule has 1 aromatic carbocycles. The summed E-state index contributed by atoms with van der Waals surface area (Å²) in [7, 11) is 1.68. The van der Waals surface area contributed by atoms with Crippen LogP contribution in [-0.2, 0) is 6.54 Å². The van der Waals surface area contributed by atoms with Gasteiger partial charge in [-0.2, -0.15) is 20.3 Å². The van der Waals surface area contributed by atoms with Gasteiger partial charge in [0.1, 0.15) is 23.9 Å². The van der Waals surface area contributed by atoms with Crippen LogP contribution in [0.1, 0.15) is 23.1 Å². The lowest BCUT2D eigenvalue weighted by Gasteiger charge is -2.22. The van der Waals surface area contributed by atoms with Gasteiger partial charge < -0.3 is 4.57 Å². The molecule has 5 rings (SSSR count). The van der Waals surface area contributed by atoms with Crippen molar-refractivity contribution in [3.8, 4) is 6.07 Å². The summed E-state index contributed by atoms with van der Waals surface area (Å²) in [4.78, 5) is 12.1.